The number of hydrogen-bond acceptors (Lipinski definition) is 6. The number of nitrogens with one attached hydrogen (secondary N) is 1. The Bertz CT molecular complexity index is 1350. The molecule has 1 aliphatic heterocycles. The third-order valence-corrected chi connectivity index (χ3v) is 8.01. The van der Waals surface area contributed by atoms with Crippen molar-refractivity contribution >= 4 is 33.2 Å². The van der Waals surface area contributed by atoms with Crippen LogP contribution in [0.5, 0.6) is 17.2 Å². The van der Waals surface area contributed by atoms with E-state index >= 15 is 0 Å². The summed E-state index contributed by atoms with van der Waals surface area (Å²) in [6.07, 6.45) is -0.508. The molecule has 0 aliphatic carbocycles. The maximum Gasteiger partial charge on any atom is 0.255 e. The molecule has 3 aromatic carbocycles. The first-order valence-corrected chi connectivity index (χ1v) is 13.8. The predicted molar refractivity (Wildman–Crippen MR) is 142 cm³/mol. The first-order valence-electron chi connectivity index (χ1n) is 11.9. The summed E-state index contributed by atoms with van der Waals surface area (Å²) in [5.74, 6) is 1.22. The second-order valence-corrected chi connectivity index (χ2v) is 11.0. The zero-order valence-corrected chi connectivity index (χ0v) is 22.4. The standard InChI is InChI=1S/C27H29ClN2O6S/c1-4-34-21-10-12-22(13-11-21)36-25-8-6-5-7-24(25)29-27(31)20-9-14-23(28)26(15-20)37(32,33)30-16-18(2)35-19(3)17-30/h5-15,18-19H,4,16-17H2,1-3H3,(H,29,31). The smallest absolute Gasteiger partial charge is 0.255 e. The largest absolute Gasteiger partial charge is 0.494 e. The van der Waals surface area contributed by atoms with E-state index in [1.165, 1.54) is 22.5 Å². The molecule has 3 aromatic rings. The van der Waals surface area contributed by atoms with Crippen LogP contribution in [-0.4, -0.2) is 50.5 Å². The summed E-state index contributed by atoms with van der Waals surface area (Å²) in [5, 5.41) is 2.85. The van der Waals surface area contributed by atoms with Crippen molar-refractivity contribution in [2.45, 2.75) is 37.9 Å². The molecule has 2 unspecified atom stereocenters. The Morgan fingerprint density at radius 1 is 1.03 bits per heavy atom. The van der Waals surface area contributed by atoms with Gasteiger partial charge >= 0.3 is 0 Å². The van der Waals surface area contributed by atoms with Gasteiger partial charge in [0.15, 0.2) is 5.75 Å². The van der Waals surface area contributed by atoms with Gasteiger partial charge in [-0.3, -0.25) is 4.79 Å². The second kappa shape index (κ2) is 11.5. The average Bonchev–Trinajstić information content (AvgIpc) is 2.86. The highest BCUT2D eigenvalue weighted by molar-refractivity contribution is 7.89. The van der Waals surface area contributed by atoms with Crippen LogP contribution < -0.4 is 14.8 Å². The number of carbonyl (C=O) groups is 1. The summed E-state index contributed by atoms with van der Waals surface area (Å²) in [7, 11) is -3.94. The minimum Gasteiger partial charge on any atom is -0.494 e. The van der Waals surface area contributed by atoms with Crippen LogP contribution >= 0.6 is 11.6 Å². The molecule has 0 radical (unpaired) electrons. The molecular formula is C27H29ClN2O6S. The molecule has 0 spiro atoms. The molecule has 1 fully saturated rings. The number of carbonyl (C=O) groups excluding carboxylic acids is 1. The van der Waals surface area contributed by atoms with Gasteiger partial charge in [0.1, 0.15) is 16.4 Å². The average molecular weight is 545 g/mol. The number of rotatable bonds is 8. The number of morpholine rings is 1. The van der Waals surface area contributed by atoms with Gasteiger partial charge in [-0.05, 0) is 75.4 Å². The third kappa shape index (κ3) is 6.42. The van der Waals surface area contributed by atoms with Crippen molar-refractivity contribution in [3.8, 4) is 17.2 Å². The van der Waals surface area contributed by atoms with E-state index in [9.17, 15) is 13.2 Å². The molecule has 0 saturated carbocycles. The third-order valence-electron chi connectivity index (χ3n) is 5.70. The van der Waals surface area contributed by atoms with E-state index < -0.39 is 15.9 Å². The lowest BCUT2D eigenvalue weighted by atomic mass is 10.2. The van der Waals surface area contributed by atoms with Crippen LogP contribution in [0.2, 0.25) is 5.02 Å². The number of amides is 1. The van der Waals surface area contributed by atoms with E-state index in [0.29, 0.717) is 23.8 Å². The Morgan fingerprint density at radius 2 is 1.68 bits per heavy atom. The van der Waals surface area contributed by atoms with Gasteiger partial charge in [-0.1, -0.05) is 23.7 Å². The highest BCUT2D eigenvalue weighted by Crippen LogP contribution is 2.32. The van der Waals surface area contributed by atoms with Crippen molar-refractivity contribution in [2.24, 2.45) is 0 Å². The molecule has 8 nitrogen and oxygen atoms in total. The maximum atomic E-state index is 13.4. The van der Waals surface area contributed by atoms with Crippen molar-refractivity contribution in [3.05, 3.63) is 77.3 Å². The number of anilines is 1. The van der Waals surface area contributed by atoms with Gasteiger partial charge in [-0.15, -0.1) is 0 Å². The Hall–Kier alpha value is -3.11. The fourth-order valence-electron chi connectivity index (χ4n) is 4.06. The molecular weight excluding hydrogens is 516 g/mol. The summed E-state index contributed by atoms with van der Waals surface area (Å²) in [4.78, 5) is 13.0. The molecule has 1 aliphatic rings. The van der Waals surface area contributed by atoms with Gasteiger partial charge in [0, 0.05) is 18.7 Å². The van der Waals surface area contributed by atoms with E-state index in [2.05, 4.69) is 5.32 Å². The highest BCUT2D eigenvalue weighted by Gasteiger charge is 2.34. The molecule has 2 atom stereocenters. The lowest BCUT2D eigenvalue weighted by molar-refractivity contribution is -0.0440. The molecule has 196 valence electrons. The van der Waals surface area contributed by atoms with E-state index in [4.69, 9.17) is 25.8 Å². The van der Waals surface area contributed by atoms with Crippen LogP contribution in [0.25, 0.3) is 0 Å². The van der Waals surface area contributed by atoms with Gasteiger partial charge in [-0.25, -0.2) is 8.42 Å². The molecule has 4 rings (SSSR count). The van der Waals surface area contributed by atoms with Gasteiger partial charge in [-0.2, -0.15) is 4.31 Å². The molecule has 1 heterocycles. The fourth-order valence-corrected chi connectivity index (χ4v) is 6.15. The summed E-state index contributed by atoms with van der Waals surface area (Å²) in [5.41, 5.74) is 0.574. The van der Waals surface area contributed by atoms with E-state index in [-0.39, 0.29) is 40.8 Å². The maximum absolute atomic E-state index is 13.4. The van der Waals surface area contributed by atoms with Gasteiger partial charge in [0.2, 0.25) is 10.0 Å². The van der Waals surface area contributed by atoms with Gasteiger partial charge < -0.3 is 19.5 Å². The number of sulfonamides is 1. The normalized spacial score (nSPS) is 18.3. The van der Waals surface area contributed by atoms with E-state index in [1.54, 1.807) is 48.5 Å². The van der Waals surface area contributed by atoms with Crippen LogP contribution in [0.1, 0.15) is 31.1 Å². The lowest BCUT2D eigenvalue weighted by Gasteiger charge is -2.34. The predicted octanol–water partition coefficient (Wildman–Crippen LogP) is 5.58. The van der Waals surface area contributed by atoms with Crippen LogP contribution in [0.15, 0.2) is 71.6 Å². The molecule has 37 heavy (non-hydrogen) atoms. The zero-order chi connectivity index (χ0) is 26.6. The topological polar surface area (TPSA) is 94.2 Å². The SMILES string of the molecule is CCOc1ccc(Oc2ccccc2NC(=O)c2ccc(Cl)c(S(=O)(=O)N3CC(C)OC(C)C3)c2)cc1. The lowest BCUT2D eigenvalue weighted by Crippen LogP contribution is -2.48. The fraction of sp³-hybridized carbons (Fsp3) is 0.296. The number of hydrogen-bond donors (Lipinski definition) is 1. The van der Waals surface area contributed by atoms with Crippen LogP contribution in [0.4, 0.5) is 5.69 Å². The molecule has 0 aromatic heterocycles. The number of para-hydroxylation sites is 2. The quantitative estimate of drug-likeness (QED) is 0.398. The Balaban J connectivity index is 1.55. The second-order valence-electron chi connectivity index (χ2n) is 8.68. The number of benzene rings is 3. The first kappa shape index (κ1) is 26.9. The van der Waals surface area contributed by atoms with Crippen LogP contribution in [0, 0.1) is 0 Å². The van der Waals surface area contributed by atoms with Gasteiger partial charge in [0.25, 0.3) is 5.91 Å². The molecule has 1 N–H and O–H groups in total. The monoisotopic (exact) mass is 544 g/mol. The minimum atomic E-state index is -3.94. The Labute approximate surface area is 222 Å². The molecule has 10 heteroatoms. The summed E-state index contributed by atoms with van der Waals surface area (Å²) >= 11 is 6.29. The molecule has 0 bridgehead atoms. The summed E-state index contributed by atoms with van der Waals surface area (Å²) in [6.45, 7) is 6.51. The summed E-state index contributed by atoms with van der Waals surface area (Å²) < 4.78 is 45.2. The highest BCUT2D eigenvalue weighted by atomic mass is 35.5. The number of halogens is 1. The van der Waals surface area contributed by atoms with Crippen molar-refractivity contribution in [1.29, 1.82) is 0 Å². The minimum absolute atomic E-state index is 0.0441. The first-order chi connectivity index (χ1) is 17.7. The van der Waals surface area contributed by atoms with Crippen LogP contribution in [0.3, 0.4) is 0 Å². The van der Waals surface area contributed by atoms with E-state index in [0.717, 1.165) is 5.75 Å². The van der Waals surface area contributed by atoms with Crippen LogP contribution in [-0.2, 0) is 14.8 Å². The molecule has 1 saturated heterocycles. The van der Waals surface area contributed by atoms with Gasteiger partial charge in [0.05, 0.1) is 29.5 Å². The number of nitrogens with zero attached hydrogens (tertiary/aromatic N) is 1. The summed E-state index contributed by atoms with van der Waals surface area (Å²) in [6, 6.07) is 18.3. The number of ether oxygens (including phenoxy) is 3. The van der Waals surface area contributed by atoms with E-state index in [1.807, 2.05) is 20.8 Å². The Morgan fingerprint density at radius 3 is 2.35 bits per heavy atom. The van der Waals surface area contributed by atoms with Crippen molar-refractivity contribution in [1.82, 2.24) is 4.31 Å². The van der Waals surface area contributed by atoms with Crippen molar-refractivity contribution < 1.29 is 27.4 Å². The van der Waals surface area contributed by atoms with Crippen molar-refractivity contribution in [2.75, 3.05) is 25.0 Å². The van der Waals surface area contributed by atoms with Crippen molar-refractivity contribution in [3.63, 3.8) is 0 Å². The zero-order valence-electron chi connectivity index (χ0n) is 20.8. The molecule has 1 amide bonds. The Kier molecular flexibility index (Phi) is 8.39.